The van der Waals surface area contributed by atoms with Gasteiger partial charge in [-0.2, -0.15) is 0 Å². The fourth-order valence-electron chi connectivity index (χ4n) is 1.46. The summed E-state index contributed by atoms with van der Waals surface area (Å²) < 4.78 is 0. The Labute approximate surface area is 101 Å². The third-order valence-electron chi connectivity index (χ3n) is 2.49. The molecule has 0 spiro atoms. The number of hydrogen-bond donors (Lipinski definition) is 2. The van der Waals surface area contributed by atoms with Crippen molar-refractivity contribution in [3.05, 3.63) is 0 Å². The molecule has 0 radical (unpaired) electrons. The predicted octanol–water partition coefficient (Wildman–Crippen LogP) is 0.906. The lowest BCUT2D eigenvalue weighted by atomic mass is 10.3. The Hall–Kier alpha value is -1.70. The van der Waals surface area contributed by atoms with Crippen molar-refractivity contribution in [1.82, 2.24) is 10.2 Å². The van der Waals surface area contributed by atoms with Crippen molar-refractivity contribution >= 4 is 12.0 Å². The Balaban J connectivity index is 2.34. The maximum absolute atomic E-state index is 11.7. The number of nitrogens with one attached hydrogen (secondary N) is 1. The summed E-state index contributed by atoms with van der Waals surface area (Å²) >= 11 is 0. The highest BCUT2D eigenvalue weighted by Gasteiger charge is 2.27. The molecule has 0 aliphatic heterocycles. The molecule has 0 aromatic heterocycles. The number of aliphatic carboxylic acids is 1. The van der Waals surface area contributed by atoms with Gasteiger partial charge < -0.3 is 15.3 Å². The molecule has 1 rings (SSSR count). The van der Waals surface area contributed by atoms with E-state index in [-0.39, 0.29) is 12.6 Å². The second-order valence-corrected chi connectivity index (χ2v) is 4.13. The minimum absolute atomic E-state index is 0.234. The van der Waals surface area contributed by atoms with Crippen LogP contribution in [0, 0.1) is 17.8 Å². The number of hydrogen-bond acceptors (Lipinski definition) is 2. The Bertz CT molecular complexity index is 339. The number of carbonyl (C=O) groups excluding carboxylic acids is 1. The Morgan fingerprint density at radius 2 is 2.18 bits per heavy atom. The molecule has 0 heterocycles. The second-order valence-electron chi connectivity index (χ2n) is 4.13. The standard InChI is InChI=1S/C12H18N2O3/c1-2-3-4-7-13-12(17)14(9-11(15)16)8-10-5-6-10/h10H,4-9H2,1H3,(H,13,17)(H,15,16). The van der Waals surface area contributed by atoms with Crippen LogP contribution in [0.1, 0.15) is 26.2 Å². The first kappa shape index (κ1) is 13.4. The lowest BCUT2D eigenvalue weighted by molar-refractivity contribution is -0.137. The van der Waals surface area contributed by atoms with Crippen molar-refractivity contribution in [3.63, 3.8) is 0 Å². The van der Waals surface area contributed by atoms with E-state index >= 15 is 0 Å². The van der Waals surface area contributed by atoms with Crippen LogP contribution in [0.15, 0.2) is 0 Å². The molecule has 1 fully saturated rings. The molecule has 0 bridgehead atoms. The third-order valence-corrected chi connectivity index (χ3v) is 2.49. The molecule has 5 heteroatoms. The van der Waals surface area contributed by atoms with Crippen molar-refractivity contribution in [2.24, 2.45) is 5.92 Å². The number of amides is 2. The molecular weight excluding hydrogens is 220 g/mol. The van der Waals surface area contributed by atoms with Crippen LogP contribution in [0.3, 0.4) is 0 Å². The van der Waals surface area contributed by atoms with Gasteiger partial charge in [0.2, 0.25) is 0 Å². The molecule has 0 atom stereocenters. The zero-order valence-electron chi connectivity index (χ0n) is 10.0. The second kappa shape index (κ2) is 6.79. The summed E-state index contributed by atoms with van der Waals surface area (Å²) in [4.78, 5) is 23.7. The van der Waals surface area contributed by atoms with Gasteiger partial charge in [-0.1, -0.05) is 0 Å². The van der Waals surface area contributed by atoms with Crippen LogP contribution in [0.2, 0.25) is 0 Å². The Morgan fingerprint density at radius 3 is 2.71 bits per heavy atom. The number of rotatable bonds is 6. The van der Waals surface area contributed by atoms with Crippen molar-refractivity contribution < 1.29 is 14.7 Å². The number of carbonyl (C=O) groups is 2. The van der Waals surface area contributed by atoms with E-state index in [2.05, 4.69) is 17.2 Å². The first-order valence-electron chi connectivity index (χ1n) is 5.77. The number of carboxylic acids is 1. The molecule has 5 nitrogen and oxygen atoms in total. The van der Waals surface area contributed by atoms with Crippen LogP contribution in [0.25, 0.3) is 0 Å². The minimum atomic E-state index is -0.978. The molecule has 0 aromatic carbocycles. The summed E-state index contributed by atoms with van der Waals surface area (Å²) in [5, 5.41) is 11.4. The molecule has 94 valence electrons. The summed E-state index contributed by atoms with van der Waals surface area (Å²) in [6, 6.07) is -0.308. The van der Waals surface area contributed by atoms with Crippen LogP contribution in [0.5, 0.6) is 0 Å². The average molecular weight is 238 g/mol. The smallest absolute Gasteiger partial charge is 0.323 e. The summed E-state index contributed by atoms with van der Waals surface area (Å²) in [5.41, 5.74) is 0. The highest BCUT2D eigenvalue weighted by atomic mass is 16.4. The third kappa shape index (κ3) is 5.81. The van der Waals surface area contributed by atoms with E-state index in [0.29, 0.717) is 25.4 Å². The highest BCUT2D eigenvalue weighted by molar-refractivity contribution is 5.80. The predicted molar refractivity (Wildman–Crippen MR) is 63.4 cm³/mol. The van der Waals surface area contributed by atoms with Gasteiger partial charge in [-0.05, 0) is 25.7 Å². The normalized spacial score (nSPS) is 13.5. The molecule has 1 saturated carbocycles. The lowest BCUT2D eigenvalue weighted by Crippen LogP contribution is -2.44. The van der Waals surface area contributed by atoms with Gasteiger partial charge in [0.15, 0.2) is 0 Å². The van der Waals surface area contributed by atoms with E-state index in [4.69, 9.17) is 5.11 Å². The molecule has 0 aromatic rings. The van der Waals surface area contributed by atoms with Crippen LogP contribution in [-0.2, 0) is 4.79 Å². The van der Waals surface area contributed by atoms with E-state index in [0.717, 1.165) is 12.8 Å². The highest BCUT2D eigenvalue weighted by Crippen LogP contribution is 2.29. The van der Waals surface area contributed by atoms with Crippen LogP contribution >= 0.6 is 0 Å². The van der Waals surface area contributed by atoms with Gasteiger partial charge in [-0.3, -0.25) is 4.79 Å². The fourth-order valence-corrected chi connectivity index (χ4v) is 1.46. The summed E-state index contributed by atoms with van der Waals surface area (Å²) in [7, 11) is 0. The number of nitrogens with zero attached hydrogens (tertiary/aromatic N) is 1. The van der Waals surface area contributed by atoms with E-state index in [1.165, 1.54) is 4.90 Å². The van der Waals surface area contributed by atoms with Crippen molar-refractivity contribution in [1.29, 1.82) is 0 Å². The number of carboxylic acid groups (broad SMARTS) is 1. The van der Waals surface area contributed by atoms with Gasteiger partial charge in [0.25, 0.3) is 0 Å². The van der Waals surface area contributed by atoms with Crippen molar-refractivity contribution in [3.8, 4) is 11.8 Å². The Kier molecular flexibility index (Phi) is 5.34. The zero-order valence-corrected chi connectivity index (χ0v) is 10.0. The van der Waals surface area contributed by atoms with Crippen molar-refractivity contribution in [2.45, 2.75) is 26.2 Å². The molecule has 1 aliphatic carbocycles. The van der Waals surface area contributed by atoms with Crippen LogP contribution in [0.4, 0.5) is 4.79 Å². The van der Waals surface area contributed by atoms with Gasteiger partial charge >= 0.3 is 12.0 Å². The topological polar surface area (TPSA) is 69.6 Å². The minimum Gasteiger partial charge on any atom is -0.480 e. The van der Waals surface area contributed by atoms with Gasteiger partial charge in [0.05, 0.1) is 0 Å². The zero-order chi connectivity index (χ0) is 12.7. The Morgan fingerprint density at radius 1 is 1.47 bits per heavy atom. The molecule has 0 saturated heterocycles. The quantitative estimate of drug-likeness (QED) is 0.533. The molecule has 1 aliphatic rings. The van der Waals surface area contributed by atoms with Gasteiger partial charge in [-0.15, -0.1) is 11.8 Å². The first-order chi connectivity index (χ1) is 8.13. The molecule has 0 unspecified atom stereocenters. The van der Waals surface area contributed by atoms with Crippen molar-refractivity contribution in [2.75, 3.05) is 19.6 Å². The SMILES string of the molecule is CC#CCCNC(=O)N(CC(=O)O)CC1CC1. The lowest BCUT2D eigenvalue weighted by Gasteiger charge is -2.20. The van der Waals surface area contributed by atoms with E-state index in [1.807, 2.05) is 0 Å². The average Bonchev–Trinajstić information content (AvgIpc) is 3.06. The molecule has 2 amide bonds. The van der Waals surface area contributed by atoms with Gasteiger partial charge in [-0.25, -0.2) is 4.79 Å². The maximum Gasteiger partial charge on any atom is 0.323 e. The largest absolute Gasteiger partial charge is 0.480 e. The van der Waals surface area contributed by atoms with Crippen LogP contribution < -0.4 is 5.32 Å². The van der Waals surface area contributed by atoms with E-state index in [1.54, 1.807) is 6.92 Å². The molecule has 17 heavy (non-hydrogen) atoms. The van der Waals surface area contributed by atoms with Gasteiger partial charge in [0, 0.05) is 19.5 Å². The summed E-state index contributed by atoms with van der Waals surface area (Å²) in [5.74, 6) is 5.08. The summed E-state index contributed by atoms with van der Waals surface area (Å²) in [6.07, 6.45) is 2.77. The first-order valence-corrected chi connectivity index (χ1v) is 5.77. The monoisotopic (exact) mass is 238 g/mol. The van der Waals surface area contributed by atoms with E-state index < -0.39 is 5.97 Å². The van der Waals surface area contributed by atoms with E-state index in [9.17, 15) is 9.59 Å². The van der Waals surface area contributed by atoms with Gasteiger partial charge in [0.1, 0.15) is 6.54 Å². The molecular formula is C12H18N2O3. The maximum atomic E-state index is 11.7. The summed E-state index contributed by atoms with van der Waals surface area (Å²) in [6.45, 7) is 2.51. The fraction of sp³-hybridized carbons (Fsp3) is 0.667. The van der Waals surface area contributed by atoms with Crippen LogP contribution in [-0.4, -0.2) is 41.6 Å². The number of urea groups is 1. The molecule has 2 N–H and O–H groups in total.